The van der Waals surface area contributed by atoms with Crippen LogP contribution in [-0.4, -0.2) is 64.9 Å². The Bertz CT molecular complexity index is 1530. The Morgan fingerprint density at radius 1 is 1.05 bits per heavy atom. The molecule has 1 fully saturated rings. The second-order valence-corrected chi connectivity index (χ2v) is 9.07. The van der Waals surface area contributed by atoms with Crippen LogP contribution in [0.5, 0.6) is 0 Å². The van der Waals surface area contributed by atoms with E-state index >= 15 is 0 Å². The number of likely N-dealkylation sites (N-methyl/N-ethyl adjacent to an activating group) is 1. The monoisotopic (exact) mass is 508 g/mol. The number of nitrogens with one attached hydrogen (secondary N) is 2. The fourth-order valence-electron chi connectivity index (χ4n) is 4.40. The van der Waals surface area contributed by atoms with Crippen molar-refractivity contribution in [1.29, 1.82) is 0 Å². The summed E-state index contributed by atoms with van der Waals surface area (Å²) in [5, 5.41) is 6.73. The minimum absolute atomic E-state index is 0.308. The summed E-state index contributed by atoms with van der Waals surface area (Å²) in [4.78, 5) is 42.3. The van der Waals surface area contributed by atoms with Crippen molar-refractivity contribution in [3.8, 4) is 11.3 Å². The number of nitrogens with zero attached hydrogens (tertiary/aromatic N) is 5. The molecule has 10 nitrogen and oxygen atoms in total. The third-order valence-corrected chi connectivity index (χ3v) is 6.48. The van der Waals surface area contributed by atoms with Crippen LogP contribution >= 0.6 is 0 Å². The highest BCUT2D eigenvalue weighted by Gasteiger charge is 2.18. The molecule has 0 atom stereocenters. The third-order valence-electron chi connectivity index (χ3n) is 6.48. The van der Waals surface area contributed by atoms with Crippen LogP contribution in [0, 0.1) is 0 Å². The molecule has 4 aromatic rings. The summed E-state index contributed by atoms with van der Waals surface area (Å²) in [6.07, 6.45) is 4.54. The van der Waals surface area contributed by atoms with Crippen LogP contribution in [0.15, 0.2) is 73.6 Å². The maximum absolute atomic E-state index is 12.4. The van der Waals surface area contributed by atoms with Gasteiger partial charge >= 0.3 is 0 Å². The minimum Gasteiger partial charge on any atom is -0.369 e. The van der Waals surface area contributed by atoms with Crippen molar-refractivity contribution in [3.63, 3.8) is 0 Å². The first-order chi connectivity index (χ1) is 18.4. The number of hydrogen-bond acceptors (Lipinski definition) is 8. The fraction of sp³-hybridized carbons (Fsp3) is 0.179. The lowest BCUT2D eigenvalue weighted by Gasteiger charge is -2.34. The van der Waals surface area contributed by atoms with E-state index in [-0.39, 0.29) is 5.91 Å². The summed E-state index contributed by atoms with van der Waals surface area (Å²) in [7, 11) is 2.10. The summed E-state index contributed by atoms with van der Waals surface area (Å²) in [6.45, 7) is 7.16. The molecule has 1 aliphatic heterocycles. The van der Waals surface area contributed by atoms with Crippen LogP contribution in [0.2, 0.25) is 0 Å². The highest BCUT2D eigenvalue weighted by Crippen LogP contribution is 2.30. The molecular formula is C28H28N8O2. The number of amides is 2. The first kappa shape index (κ1) is 24.8. The fourth-order valence-corrected chi connectivity index (χ4v) is 4.40. The molecule has 2 aromatic carbocycles. The van der Waals surface area contributed by atoms with Gasteiger partial charge in [0.05, 0.1) is 22.5 Å². The first-order valence-electron chi connectivity index (χ1n) is 12.2. The van der Waals surface area contributed by atoms with Gasteiger partial charge in [-0.2, -0.15) is 0 Å². The van der Waals surface area contributed by atoms with Crippen LogP contribution in [0.25, 0.3) is 22.2 Å². The molecular weight excluding hydrogens is 480 g/mol. The topological polar surface area (TPSA) is 129 Å². The number of nitrogens with two attached hydrogens (primary N) is 1. The summed E-state index contributed by atoms with van der Waals surface area (Å²) in [5.41, 5.74) is 10.3. The Morgan fingerprint density at radius 3 is 2.63 bits per heavy atom. The smallest absolute Gasteiger partial charge is 0.250 e. The number of para-hydroxylation sites is 1. The average Bonchev–Trinajstić information content (AvgIpc) is 2.93. The van der Waals surface area contributed by atoms with Crippen LogP contribution in [0.4, 0.5) is 23.0 Å². The van der Waals surface area contributed by atoms with Gasteiger partial charge in [0, 0.05) is 60.9 Å². The van der Waals surface area contributed by atoms with Crippen molar-refractivity contribution < 1.29 is 9.59 Å². The van der Waals surface area contributed by atoms with E-state index in [1.807, 2.05) is 36.4 Å². The van der Waals surface area contributed by atoms with Gasteiger partial charge in [-0.1, -0.05) is 24.8 Å². The zero-order valence-corrected chi connectivity index (χ0v) is 21.0. The molecule has 3 heterocycles. The quantitative estimate of drug-likeness (QED) is 0.324. The van der Waals surface area contributed by atoms with Crippen LogP contribution < -0.4 is 21.3 Å². The van der Waals surface area contributed by atoms with E-state index in [1.54, 1.807) is 24.5 Å². The van der Waals surface area contributed by atoms with Crippen molar-refractivity contribution in [3.05, 3.63) is 79.1 Å². The molecule has 4 N–H and O–H groups in total. The first-order valence-corrected chi connectivity index (χ1v) is 12.2. The molecule has 5 rings (SSSR count). The van der Waals surface area contributed by atoms with E-state index in [2.05, 4.69) is 44.0 Å². The van der Waals surface area contributed by atoms with Gasteiger partial charge in [0.25, 0.3) is 5.91 Å². The van der Waals surface area contributed by atoms with Gasteiger partial charge in [-0.15, -0.1) is 0 Å². The molecule has 1 saturated heterocycles. The summed E-state index contributed by atoms with van der Waals surface area (Å²) in [5.74, 6) is -0.527. The normalized spacial score (nSPS) is 13.8. The number of hydrogen-bond donors (Lipinski definition) is 3. The van der Waals surface area contributed by atoms with Crippen molar-refractivity contribution in [2.24, 2.45) is 5.73 Å². The molecule has 192 valence electrons. The molecule has 2 amide bonds. The average molecular weight is 509 g/mol. The van der Waals surface area contributed by atoms with E-state index in [1.165, 1.54) is 6.08 Å². The number of carbonyl (C=O) groups is 2. The lowest BCUT2D eigenvalue weighted by molar-refractivity contribution is -0.111. The van der Waals surface area contributed by atoms with Crippen LogP contribution in [0.1, 0.15) is 10.4 Å². The Kier molecular flexibility index (Phi) is 6.96. The van der Waals surface area contributed by atoms with Crippen LogP contribution in [-0.2, 0) is 4.79 Å². The number of benzene rings is 2. The number of pyridine rings is 1. The largest absolute Gasteiger partial charge is 0.369 e. The molecule has 10 heteroatoms. The summed E-state index contributed by atoms with van der Waals surface area (Å²) in [6, 6.07) is 14.8. The molecule has 0 aliphatic carbocycles. The molecule has 0 saturated carbocycles. The SMILES string of the molecule is C=CC(=O)Nc1ccnc(-c2cccc3cnc(Nc4ccc(N5CCN(C)CC5)cc4C(N)=O)nc23)c1. The second kappa shape index (κ2) is 10.7. The van der Waals surface area contributed by atoms with E-state index in [9.17, 15) is 9.59 Å². The Labute approximate surface area is 220 Å². The van der Waals surface area contributed by atoms with E-state index < -0.39 is 5.91 Å². The highest BCUT2D eigenvalue weighted by atomic mass is 16.1. The molecule has 2 aromatic heterocycles. The van der Waals surface area contributed by atoms with Crippen molar-refractivity contribution in [1.82, 2.24) is 19.9 Å². The molecule has 0 radical (unpaired) electrons. The number of piperazine rings is 1. The molecule has 38 heavy (non-hydrogen) atoms. The van der Waals surface area contributed by atoms with E-state index in [0.717, 1.165) is 42.8 Å². The number of anilines is 4. The zero-order valence-electron chi connectivity index (χ0n) is 21.0. The number of primary amides is 1. The predicted molar refractivity (Wildman–Crippen MR) is 150 cm³/mol. The minimum atomic E-state index is -0.535. The van der Waals surface area contributed by atoms with Gasteiger partial charge in [-0.3, -0.25) is 14.6 Å². The van der Waals surface area contributed by atoms with Gasteiger partial charge in [0.1, 0.15) is 0 Å². The van der Waals surface area contributed by atoms with Gasteiger partial charge in [-0.25, -0.2) is 9.97 Å². The van der Waals surface area contributed by atoms with Crippen LogP contribution in [0.3, 0.4) is 0 Å². The van der Waals surface area contributed by atoms with Gasteiger partial charge < -0.3 is 26.2 Å². The maximum Gasteiger partial charge on any atom is 0.250 e. The predicted octanol–water partition coefficient (Wildman–Crippen LogP) is 3.41. The lowest BCUT2D eigenvalue weighted by atomic mass is 10.1. The standard InChI is InChI=1S/C28H28N8O2/c1-3-25(37)32-19-9-10-30-24(15-19)21-6-4-5-18-17-31-28(34-26(18)21)33-23-8-7-20(16-22(23)27(29)38)36-13-11-35(2)12-14-36/h3-10,15-17H,1,11-14H2,2H3,(H2,29,38)(H,30,32,37)(H,31,33,34). The molecule has 0 unspecified atom stereocenters. The number of rotatable bonds is 7. The van der Waals surface area contributed by atoms with E-state index in [4.69, 9.17) is 10.7 Å². The Morgan fingerprint density at radius 2 is 1.87 bits per heavy atom. The Hall–Kier alpha value is -4.83. The maximum atomic E-state index is 12.4. The van der Waals surface area contributed by atoms with Gasteiger partial charge in [0.2, 0.25) is 11.9 Å². The van der Waals surface area contributed by atoms with Crippen molar-refractivity contribution in [2.45, 2.75) is 0 Å². The zero-order chi connectivity index (χ0) is 26.6. The molecule has 1 aliphatic rings. The van der Waals surface area contributed by atoms with Gasteiger partial charge in [0.15, 0.2) is 0 Å². The number of aromatic nitrogens is 3. The van der Waals surface area contributed by atoms with Crippen molar-refractivity contribution in [2.75, 3.05) is 48.8 Å². The summed E-state index contributed by atoms with van der Waals surface area (Å²) < 4.78 is 0. The third kappa shape index (κ3) is 5.30. The molecule has 0 bridgehead atoms. The lowest BCUT2D eigenvalue weighted by Crippen LogP contribution is -2.44. The summed E-state index contributed by atoms with van der Waals surface area (Å²) >= 11 is 0. The number of carbonyl (C=O) groups excluding carboxylic acids is 2. The Balaban J connectivity index is 1.47. The van der Waals surface area contributed by atoms with Gasteiger partial charge in [-0.05, 0) is 43.5 Å². The second-order valence-electron chi connectivity index (χ2n) is 9.07. The molecule has 0 spiro atoms. The van der Waals surface area contributed by atoms with E-state index in [0.29, 0.717) is 34.1 Å². The van der Waals surface area contributed by atoms with Crippen molar-refractivity contribution >= 4 is 45.7 Å². The highest BCUT2D eigenvalue weighted by molar-refractivity contribution is 6.01. The number of fused-ring (bicyclic) bond motifs is 1.